The number of ether oxygens (including phenoxy) is 2. The monoisotopic (exact) mass is 360 g/mol. The van der Waals surface area contributed by atoms with Crippen molar-refractivity contribution in [3.63, 3.8) is 0 Å². The summed E-state index contributed by atoms with van der Waals surface area (Å²) in [6.07, 6.45) is 2.13. The fourth-order valence-electron chi connectivity index (χ4n) is 2.99. The van der Waals surface area contributed by atoms with Crippen LogP contribution in [0, 0.1) is 5.41 Å². The zero-order chi connectivity index (χ0) is 18.6. The Morgan fingerprint density at radius 1 is 1.25 bits per heavy atom. The molecule has 5 nitrogen and oxygen atoms in total. The van der Waals surface area contributed by atoms with Gasteiger partial charge in [0.2, 0.25) is 0 Å². The van der Waals surface area contributed by atoms with Crippen molar-refractivity contribution in [1.29, 1.82) is 0 Å². The molecule has 1 aliphatic carbocycles. The molecule has 1 unspecified atom stereocenters. The van der Waals surface area contributed by atoms with E-state index in [1.165, 1.54) is 0 Å². The van der Waals surface area contributed by atoms with Gasteiger partial charge in [0.05, 0.1) is 25.4 Å². The van der Waals surface area contributed by atoms with E-state index in [0.717, 1.165) is 12.8 Å². The third-order valence-electron chi connectivity index (χ3n) is 5.64. The first-order valence-corrected chi connectivity index (χ1v) is 12.0. The molecule has 1 rings (SSSR count). The van der Waals surface area contributed by atoms with E-state index < -0.39 is 14.5 Å². The Morgan fingerprint density at radius 3 is 2.42 bits per heavy atom. The number of aliphatic hydroxyl groups excluding tert-OH is 1. The number of hydrogen-bond acceptors (Lipinski definition) is 5. The van der Waals surface area contributed by atoms with Gasteiger partial charge in [-0.25, -0.2) is 4.79 Å². The van der Waals surface area contributed by atoms with Gasteiger partial charge in [-0.05, 0) is 56.2 Å². The second kappa shape index (κ2) is 8.19. The first-order chi connectivity index (χ1) is 10.9. The number of carbonyl (C=O) groups is 1. The van der Waals surface area contributed by atoms with E-state index >= 15 is 0 Å². The molecule has 0 bridgehead atoms. The predicted octanol–water partition coefficient (Wildman–Crippen LogP) is 4.49. The Morgan fingerprint density at radius 2 is 1.88 bits per heavy atom. The van der Waals surface area contributed by atoms with Gasteiger partial charge in [-0.1, -0.05) is 27.7 Å². The lowest BCUT2D eigenvalue weighted by atomic mass is 9.70. The molecular formula is C18H36O5Si. The van der Waals surface area contributed by atoms with E-state index in [4.69, 9.17) is 13.9 Å². The smallest absolute Gasteiger partial charge is 0.435 e. The minimum Gasteiger partial charge on any atom is -0.435 e. The highest BCUT2D eigenvalue weighted by Gasteiger charge is 2.46. The molecule has 0 aromatic heterocycles. The van der Waals surface area contributed by atoms with Crippen LogP contribution in [0.25, 0.3) is 0 Å². The molecule has 0 heterocycles. The number of rotatable bonds is 6. The highest BCUT2D eigenvalue weighted by atomic mass is 28.4. The summed E-state index contributed by atoms with van der Waals surface area (Å²) in [4.78, 5) is 11.4. The van der Waals surface area contributed by atoms with Crippen LogP contribution in [-0.2, 0) is 13.9 Å². The summed E-state index contributed by atoms with van der Waals surface area (Å²) in [6.45, 7) is 15.7. The van der Waals surface area contributed by atoms with Crippen LogP contribution in [0.1, 0.15) is 60.3 Å². The molecule has 0 aliphatic heterocycles. The van der Waals surface area contributed by atoms with Crippen molar-refractivity contribution in [3.8, 4) is 0 Å². The maximum Gasteiger partial charge on any atom is 0.508 e. The Hall–Kier alpha value is -0.593. The third-order valence-corrected chi connectivity index (χ3v) is 10.1. The molecule has 0 amide bonds. The zero-order valence-corrected chi connectivity index (χ0v) is 17.5. The van der Waals surface area contributed by atoms with Gasteiger partial charge in [0.1, 0.15) is 0 Å². The van der Waals surface area contributed by atoms with Crippen molar-refractivity contribution in [1.82, 2.24) is 0 Å². The Balaban J connectivity index is 2.75. The lowest BCUT2D eigenvalue weighted by Crippen LogP contribution is -2.51. The van der Waals surface area contributed by atoms with Crippen LogP contribution in [0.2, 0.25) is 18.1 Å². The Labute approximate surface area is 148 Å². The first kappa shape index (κ1) is 21.4. The van der Waals surface area contributed by atoms with Crippen LogP contribution in [0.15, 0.2) is 0 Å². The van der Waals surface area contributed by atoms with E-state index in [-0.39, 0.29) is 22.7 Å². The molecule has 0 saturated heterocycles. The second-order valence-corrected chi connectivity index (χ2v) is 13.5. The highest BCUT2D eigenvalue weighted by Crippen LogP contribution is 2.46. The molecule has 142 valence electrons. The fourth-order valence-corrected chi connectivity index (χ4v) is 4.45. The first-order valence-electron chi connectivity index (χ1n) is 9.07. The van der Waals surface area contributed by atoms with E-state index in [1.54, 1.807) is 6.92 Å². The summed E-state index contributed by atoms with van der Waals surface area (Å²) in [5, 5.41) is 10.3. The molecule has 1 fully saturated rings. The maximum atomic E-state index is 11.4. The van der Waals surface area contributed by atoms with Gasteiger partial charge in [-0.15, -0.1) is 0 Å². The predicted molar refractivity (Wildman–Crippen MR) is 97.6 cm³/mol. The number of hydrogen-bond donors (Lipinski definition) is 1. The van der Waals surface area contributed by atoms with Gasteiger partial charge in [-0.3, -0.25) is 0 Å². The van der Waals surface area contributed by atoms with Crippen molar-refractivity contribution in [2.75, 3.05) is 13.2 Å². The topological polar surface area (TPSA) is 65.0 Å². The van der Waals surface area contributed by atoms with Gasteiger partial charge in [0.25, 0.3) is 0 Å². The van der Waals surface area contributed by atoms with Crippen molar-refractivity contribution in [2.45, 2.75) is 90.6 Å². The van der Waals surface area contributed by atoms with E-state index in [2.05, 4.69) is 40.8 Å². The molecule has 0 aromatic rings. The summed E-state index contributed by atoms with van der Waals surface area (Å²) < 4.78 is 16.6. The zero-order valence-electron chi connectivity index (χ0n) is 16.5. The SMILES string of the molecule is CCOC(=O)OCC[C@@]1(C)CC(O)CC[C@@H]1O[Si](C)(C)C(C)(C)C. The number of carbonyl (C=O) groups excluding carboxylic acids is 1. The van der Waals surface area contributed by atoms with Gasteiger partial charge < -0.3 is 19.0 Å². The van der Waals surface area contributed by atoms with Crippen LogP contribution in [0.3, 0.4) is 0 Å². The Kier molecular flexibility index (Phi) is 7.32. The average molecular weight is 361 g/mol. The van der Waals surface area contributed by atoms with Gasteiger partial charge in [-0.2, -0.15) is 0 Å². The molecule has 1 N–H and O–H groups in total. The summed E-state index contributed by atoms with van der Waals surface area (Å²) in [7, 11) is -1.89. The molecular weight excluding hydrogens is 324 g/mol. The average Bonchev–Trinajstić information content (AvgIpc) is 2.41. The minimum atomic E-state index is -1.89. The van der Waals surface area contributed by atoms with Crippen LogP contribution in [0.4, 0.5) is 4.79 Å². The second-order valence-electron chi connectivity index (χ2n) is 8.74. The minimum absolute atomic E-state index is 0.0904. The molecule has 3 atom stereocenters. The molecule has 0 spiro atoms. The largest absolute Gasteiger partial charge is 0.508 e. The highest BCUT2D eigenvalue weighted by molar-refractivity contribution is 6.74. The summed E-state index contributed by atoms with van der Waals surface area (Å²) >= 11 is 0. The standard InChI is InChI=1S/C18H36O5Si/c1-8-21-16(20)22-12-11-18(5)13-14(19)9-10-15(18)23-24(6,7)17(2,3)4/h14-15,19H,8-13H2,1-7H3/t14?,15-,18-/m0/s1. The fraction of sp³-hybridized carbons (Fsp3) is 0.944. The van der Waals surface area contributed by atoms with E-state index in [9.17, 15) is 9.90 Å². The van der Waals surface area contributed by atoms with Crippen LogP contribution >= 0.6 is 0 Å². The van der Waals surface area contributed by atoms with Crippen molar-refractivity contribution < 1.29 is 23.8 Å². The summed E-state index contributed by atoms with van der Waals surface area (Å²) in [6, 6.07) is 0. The van der Waals surface area contributed by atoms with Crippen LogP contribution < -0.4 is 0 Å². The quantitative estimate of drug-likeness (QED) is 0.558. The molecule has 0 aromatic carbocycles. The molecule has 1 aliphatic rings. The van der Waals surface area contributed by atoms with Crippen molar-refractivity contribution in [3.05, 3.63) is 0 Å². The normalized spacial score (nSPS) is 28.5. The number of aliphatic hydroxyl groups is 1. The van der Waals surface area contributed by atoms with Gasteiger partial charge in [0.15, 0.2) is 8.32 Å². The maximum absolute atomic E-state index is 11.4. The molecule has 0 radical (unpaired) electrons. The van der Waals surface area contributed by atoms with Gasteiger partial charge >= 0.3 is 6.16 Å². The van der Waals surface area contributed by atoms with Crippen molar-refractivity contribution in [2.24, 2.45) is 5.41 Å². The summed E-state index contributed by atoms with van der Waals surface area (Å²) in [5.74, 6) is 0. The van der Waals surface area contributed by atoms with E-state index in [1.807, 2.05) is 0 Å². The summed E-state index contributed by atoms with van der Waals surface area (Å²) in [5.41, 5.74) is -0.195. The lowest BCUT2D eigenvalue weighted by molar-refractivity contribution is -0.0559. The van der Waals surface area contributed by atoms with Gasteiger partial charge in [0, 0.05) is 0 Å². The lowest BCUT2D eigenvalue weighted by Gasteiger charge is -2.48. The molecule has 24 heavy (non-hydrogen) atoms. The van der Waals surface area contributed by atoms with Crippen molar-refractivity contribution >= 4 is 14.5 Å². The third kappa shape index (κ3) is 5.74. The molecule has 6 heteroatoms. The molecule has 1 saturated carbocycles. The van der Waals surface area contributed by atoms with Crippen LogP contribution in [-0.4, -0.2) is 45.0 Å². The van der Waals surface area contributed by atoms with Crippen LogP contribution in [0.5, 0.6) is 0 Å². The van der Waals surface area contributed by atoms with E-state index in [0.29, 0.717) is 26.1 Å². The Bertz CT molecular complexity index is 418.